The number of rotatable bonds is 6. The largest absolute Gasteiger partial charge is 0.463 e. The molecular formula is C23H20F2N6O3S2. The molecule has 13 heteroatoms. The fourth-order valence-corrected chi connectivity index (χ4v) is 7.87. The van der Waals surface area contributed by atoms with E-state index in [2.05, 4.69) is 31.2 Å². The zero-order chi connectivity index (χ0) is 25.9. The van der Waals surface area contributed by atoms with Gasteiger partial charge in [0.1, 0.15) is 9.60 Å². The van der Waals surface area contributed by atoms with Crippen molar-refractivity contribution >= 4 is 49.3 Å². The minimum absolute atomic E-state index is 0.00342. The molecule has 3 atom stereocenters. The fourth-order valence-electron chi connectivity index (χ4n) is 4.58. The molecule has 1 fully saturated rings. The predicted octanol–water partition coefficient (Wildman–Crippen LogP) is 3.10. The summed E-state index contributed by atoms with van der Waals surface area (Å²) in [4.78, 5) is 17.3. The number of fused-ring (bicyclic) bond motifs is 2. The van der Waals surface area contributed by atoms with Gasteiger partial charge >= 0.3 is 0 Å². The van der Waals surface area contributed by atoms with Gasteiger partial charge < -0.3 is 15.8 Å². The van der Waals surface area contributed by atoms with Crippen molar-refractivity contribution in [1.82, 2.24) is 15.0 Å². The summed E-state index contributed by atoms with van der Waals surface area (Å²) >= 11 is 0.953. The average molecular weight is 531 g/mol. The van der Waals surface area contributed by atoms with Gasteiger partial charge in [-0.1, -0.05) is 17.7 Å². The maximum absolute atomic E-state index is 15.2. The highest BCUT2D eigenvalue weighted by Gasteiger charge is 2.72. The number of aromatic nitrogens is 3. The molecule has 2 aliphatic rings. The number of nitrogens with one attached hydrogen (secondary N) is 1. The number of ether oxygens (including phenoxy) is 1. The van der Waals surface area contributed by atoms with Crippen LogP contribution in [0.1, 0.15) is 18.9 Å². The Hall–Kier alpha value is -3.50. The van der Waals surface area contributed by atoms with Crippen molar-refractivity contribution < 1.29 is 21.9 Å². The summed E-state index contributed by atoms with van der Waals surface area (Å²) in [6.45, 7) is 1.60. The summed E-state index contributed by atoms with van der Waals surface area (Å²) in [6, 6.07) is 3.97. The van der Waals surface area contributed by atoms with Crippen molar-refractivity contribution in [3.8, 4) is 18.2 Å². The molecule has 0 bridgehead atoms. The van der Waals surface area contributed by atoms with Gasteiger partial charge in [0, 0.05) is 35.7 Å². The lowest BCUT2D eigenvalue weighted by atomic mass is 9.86. The van der Waals surface area contributed by atoms with E-state index in [1.54, 1.807) is 13.0 Å². The monoisotopic (exact) mass is 530 g/mol. The number of anilines is 2. The van der Waals surface area contributed by atoms with Crippen molar-refractivity contribution in [2.24, 2.45) is 16.6 Å². The molecule has 1 aliphatic heterocycles. The summed E-state index contributed by atoms with van der Waals surface area (Å²) in [5, 5.41) is 2.96. The van der Waals surface area contributed by atoms with Gasteiger partial charge in [0.2, 0.25) is 5.88 Å². The third-order valence-electron chi connectivity index (χ3n) is 6.36. The van der Waals surface area contributed by atoms with E-state index >= 15 is 4.39 Å². The third-order valence-corrected chi connectivity index (χ3v) is 10.3. The number of aliphatic imine (C=N–C) groups is 1. The molecule has 0 saturated heterocycles. The first kappa shape index (κ1) is 24.2. The Labute approximate surface area is 209 Å². The van der Waals surface area contributed by atoms with Crippen LogP contribution in [0, 0.1) is 29.9 Å². The van der Waals surface area contributed by atoms with Crippen LogP contribution in [-0.2, 0) is 15.4 Å². The van der Waals surface area contributed by atoms with Crippen molar-refractivity contribution in [2.75, 3.05) is 18.2 Å². The maximum atomic E-state index is 15.2. The summed E-state index contributed by atoms with van der Waals surface area (Å²) in [5.41, 5.74) is 5.43. The van der Waals surface area contributed by atoms with E-state index in [0.29, 0.717) is 11.0 Å². The number of thioether (sulfide) groups is 1. The van der Waals surface area contributed by atoms with E-state index in [0.717, 1.165) is 24.1 Å². The van der Waals surface area contributed by atoms with E-state index in [9.17, 15) is 12.8 Å². The van der Waals surface area contributed by atoms with Crippen LogP contribution < -0.4 is 15.8 Å². The van der Waals surface area contributed by atoms with Crippen molar-refractivity contribution in [2.45, 2.75) is 23.0 Å². The zero-order valence-corrected chi connectivity index (χ0v) is 20.8. The highest BCUT2D eigenvalue weighted by atomic mass is 32.3. The zero-order valence-electron chi connectivity index (χ0n) is 19.1. The lowest BCUT2D eigenvalue weighted by Gasteiger charge is -2.33. The molecule has 0 radical (unpaired) electrons. The second-order valence-electron chi connectivity index (χ2n) is 8.71. The first-order valence-electron chi connectivity index (χ1n) is 10.7. The summed E-state index contributed by atoms with van der Waals surface area (Å²) in [7, 11) is -3.55. The van der Waals surface area contributed by atoms with Crippen LogP contribution in [0.5, 0.6) is 5.88 Å². The summed E-state index contributed by atoms with van der Waals surface area (Å²) in [5.74, 6) is -0.0292. The lowest BCUT2D eigenvalue weighted by Crippen LogP contribution is -2.39. The van der Waals surface area contributed by atoms with Crippen LogP contribution in [0.3, 0.4) is 0 Å². The molecule has 1 saturated carbocycles. The van der Waals surface area contributed by atoms with Crippen LogP contribution in [-0.4, -0.2) is 45.5 Å². The van der Waals surface area contributed by atoms with Crippen LogP contribution in [0.25, 0.3) is 11.0 Å². The van der Waals surface area contributed by atoms with E-state index in [1.165, 1.54) is 18.5 Å². The number of pyridine rings is 1. The predicted molar refractivity (Wildman–Crippen MR) is 134 cm³/mol. The number of hydrogen-bond acceptors (Lipinski definition) is 10. The molecule has 0 amide bonds. The van der Waals surface area contributed by atoms with Crippen molar-refractivity contribution in [1.29, 1.82) is 0 Å². The Morgan fingerprint density at radius 3 is 2.86 bits per heavy atom. The number of hydrogen-bond donors (Lipinski definition) is 2. The molecule has 1 aromatic carbocycles. The lowest BCUT2D eigenvalue weighted by molar-refractivity contribution is 0.355. The molecule has 0 unspecified atom stereocenters. The van der Waals surface area contributed by atoms with Crippen LogP contribution in [0.15, 0.2) is 35.6 Å². The van der Waals surface area contributed by atoms with Gasteiger partial charge in [-0.15, -0.1) is 6.42 Å². The number of sulfone groups is 1. The fraction of sp³-hybridized carbons (Fsp3) is 0.304. The molecule has 36 heavy (non-hydrogen) atoms. The molecular weight excluding hydrogens is 510 g/mol. The number of nitrogens with two attached hydrogens (primary N) is 1. The third kappa shape index (κ3) is 3.81. The number of halogens is 2. The summed E-state index contributed by atoms with van der Waals surface area (Å²) < 4.78 is 59.1. The quantitative estimate of drug-likeness (QED) is 0.461. The molecule has 3 aromatic rings. The second kappa shape index (κ2) is 8.28. The standard InChI is InChI=1S/C23H20F2N6O3S2/c1-4-7-34-17-11-28-19-15(30-17)5-6-27-20(19)29-12-8-13(18(25)14(24)9-12)22(2)16-10-23(16,36(3,32)33)35-21(26)31-22/h1,5-6,8-9,11,16H,7,10H2,2-3H3,(H2,26,31)(H,27,29)/t16-,22+,23+/m0/s1. The van der Waals surface area contributed by atoms with Crippen LogP contribution >= 0.6 is 11.8 Å². The first-order chi connectivity index (χ1) is 17.0. The molecule has 186 valence electrons. The number of benzene rings is 1. The first-order valence-corrected chi connectivity index (χ1v) is 13.4. The van der Waals surface area contributed by atoms with Gasteiger partial charge in [-0.05, 0) is 25.5 Å². The van der Waals surface area contributed by atoms with Gasteiger partial charge in [-0.2, -0.15) is 0 Å². The van der Waals surface area contributed by atoms with Gasteiger partial charge in [0.15, 0.2) is 39.1 Å². The molecule has 5 rings (SSSR count). The molecule has 2 aromatic heterocycles. The number of amidine groups is 1. The highest BCUT2D eigenvalue weighted by Crippen LogP contribution is 2.68. The molecule has 1 aliphatic carbocycles. The van der Waals surface area contributed by atoms with E-state index < -0.39 is 37.0 Å². The molecule has 3 N–H and O–H groups in total. The smallest absolute Gasteiger partial charge is 0.233 e. The number of nitrogens with zero attached hydrogens (tertiary/aromatic N) is 4. The molecule has 9 nitrogen and oxygen atoms in total. The van der Waals surface area contributed by atoms with Gasteiger partial charge in [0.05, 0.1) is 17.3 Å². The van der Waals surface area contributed by atoms with Crippen LogP contribution in [0.4, 0.5) is 20.3 Å². The minimum Gasteiger partial charge on any atom is -0.463 e. The summed E-state index contributed by atoms with van der Waals surface area (Å²) in [6.07, 6.45) is 9.38. The Kier molecular flexibility index (Phi) is 5.57. The van der Waals surface area contributed by atoms with E-state index in [4.69, 9.17) is 16.9 Å². The van der Waals surface area contributed by atoms with Gasteiger partial charge in [-0.25, -0.2) is 32.2 Å². The van der Waals surface area contributed by atoms with Gasteiger partial charge in [-0.3, -0.25) is 4.99 Å². The maximum Gasteiger partial charge on any atom is 0.233 e. The number of terminal acetylenes is 1. The Balaban J connectivity index is 1.55. The Morgan fingerprint density at radius 2 is 2.14 bits per heavy atom. The Morgan fingerprint density at radius 1 is 1.36 bits per heavy atom. The molecule has 0 spiro atoms. The van der Waals surface area contributed by atoms with E-state index in [1.807, 2.05) is 0 Å². The minimum atomic E-state index is -3.55. The van der Waals surface area contributed by atoms with Gasteiger partial charge in [0.25, 0.3) is 0 Å². The topological polar surface area (TPSA) is 132 Å². The normalized spacial score (nSPS) is 25.0. The van der Waals surface area contributed by atoms with Crippen LogP contribution in [0.2, 0.25) is 0 Å². The van der Waals surface area contributed by atoms with E-state index in [-0.39, 0.29) is 41.1 Å². The SMILES string of the molecule is C#CCOc1cnc2c(Nc3cc(F)c(F)c([C@@]4(C)N=C(N)S[C@@]5(S(C)(=O)=O)C[C@H]54)c3)nccc2n1. The highest BCUT2D eigenvalue weighted by molar-refractivity contribution is 8.24. The second-order valence-corrected chi connectivity index (χ2v) is 12.6. The molecule has 3 heterocycles. The Bertz CT molecular complexity index is 1590. The van der Waals surface area contributed by atoms with Crippen molar-refractivity contribution in [3.63, 3.8) is 0 Å². The average Bonchev–Trinajstić information content (AvgIpc) is 3.57. The van der Waals surface area contributed by atoms with Crippen molar-refractivity contribution in [3.05, 3.63) is 47.8 Å².